The molecule has 100 valence electrons. The highest BCUT2D eigenvalue weighted by Gasteiger charge is 2.06. The maximum absolute atomic E-state index is 12.7. The molecule has 1 atom stereocenters. The minimum atomic E-state index is -0.255. The Morgan fingerprint density at radius 2 is 2.11 bits per heavy atom. The van der Waals surface area contributed by atoms with Crippen molar-refractivity contribution in [1.29, 1.82) is 0 Å². The van der Waals surface area contributed by atoms with Gasteiger partial charge < -0.3 is 10.4 Å². The van der Waals surface area contributed by atoms with Crippen molar-refractivity contribution < 1.29 is 14.3 Å². The highest BCUT2D eigenvalue weighted by Crippen LogP contribution is 2.18. The van der Waals surface area contributed by atoms with Crippen molar-refractivity contribution in [3.05, 3.63) is 30.1 Å². The van der Waals surface area contributed by atoms with E-state index in [2.05, 4.69) is 5.32 Å². The van der Waals surface area contributed by atoms with Gasteiger partial charge in [-0.2, -0.15) is 0 Å². The van der Waals surface area contributed by atoms with Crippen molar-refractivity contribution >= 4 is 17.7 Å². The topological polar surface area (TPSA) is 49.3 Å². The van der Waals surface area contributed by atoms with Crippen LogP contribution in [0.3, 0.4) is 0 Å². The van der Waals surface area contributed by atoms with Gasteiger partial charge >= 0.3 is 0 Å². The number of nitrogens with one attached hydrogen (secondary N) is 1. The maximum atomic E-state index is 12.7. The van der Waals surface area contributed by atoms with Crippen molar-refractivity contribution in [3.63, 3.8) is 0 Å². The molecular formula is C13H18FNO2S. The molecule has 0 fully saturated rings. The summed E-state index contributed by atoms with van der Waals surface area (Å²) in [5.41, 5.74) is 0. The summed E-state index contributed by atoms with van der Waals surface area (Å²) >= 11 is 1.52. The van der Waals surface area contributed by atoms with Crippen molar-refractivity contribution in [2.24, 2.45) is 0 Å². The fourth-order valence-corrected chi connectivity index (χ4v) is 2.26. The molecular weight excluding hydrogens is 253 g/mol. The van der Waals surface area contributed by atoms with Crippen LogP contribution in [0, 0.1) is 5.82 Å². The molecule has 0 aliphatic carbocycles. The largest absolute Gasteiger partial charge is 0.396 e. The molecule has 0 radical (unpaired) electrons. The Kier molecular flexibility index (Phi) is 6.75. The fraction of sp³-hybridized carbons (Fsp3) is 0.462. The smallest absolute Gasteiger partial charge is 0.221 e. The van der Waals surface area contributed by atoms with E-state index in [4.69, 9.17) is 5.11 Å². The number of carbonyl (C=O) groups is 1. The molecule has 3 nitrogen and oxygen atoms in total. The standard InChI is InChI=1S/C13H18FNO2S/c1-10(6-8-16)15-13(17)7-9-18-12-4-2-11(14)3-5-12/h2-5,10,16H,6-9H2,1H3,(H,15,17). The molecule has 1 aromatic rings. The van der Waals surface area contributed by atoms with E-state index in [1.165, 1.54) is 23.9 Å². The van der Waals surface area contributed by atoms with Gasteiger partial charge in [0.2, 0.25) is 5.91 Å². The second-order valence-corrected chi connectivity index (χ2v) is 5.20. The summed E-state index contributed by atoms with van der Waals surface area (Å²) in [6, 6.07) is 6.22. The van der Waals surface area contributed by atoms with Crippen LogP contribution in [-0.2, 0) is 4.79 Å². The zero-order valence-electron chi connectivity index (χ0n) is 10.4. The number of benzene rings is 1. The van der Waals surface area contributed by atoms with Crippen LogP contribution in [0.4, 0.5) is 4.39 Å². The van der Waals surface area contributed by atoms with Crippen LogP contribution in [-0.4, -0.2) is 29.4 Å². The van der Waals surface area contributed by atoms with Crippen LogP contribution in [0.5, 0.6) is 0 Å². The number of hydrogen-bond donors (Lipinski definition) is 2. The van der Waals surface area contributed by atoms with Gasteiger partial charge in [0.25, 0.3) is 0 Å². The third-order valence-electron chi connectivity index (χ3n) is 2.38. The molecule has 1 aromatic carbocycles. The second kappa shape index (κ2) is 8.11. The summed E-state index contributed by atoms with van der Waals surface area (Å²) in [5.74, 6) is 0.379. The van der Waals surface area contributed by atoms with Gasteiger partial charge in [0.1, 0.15) is 5.82 Å². The first-order valence-corrected chi connectivity index (χ1v) is 6.89. The molecule has 0 spiro atoms. The van der Waals surface area contributed by atoms with Gasteiger partial charge in [0.15, 0.2) is 0 Å². The average molecular weight is 271 g/mol. The lowest BCUT2D eigenvalue weighted by Crippen LogP contribution is -2.33. The summed E-state index contributed by atoms with van der Waals surface area (Å²) in [5, 5.41) is 11.5. The number of carbonyl (C=O) groups excluding carboxylic acids is 1. The molecule has 0 aliphatic rings. The van der Waals surface area contributed by atoms with E-state index < -0.39 is 0 Å². The number of rotatable bonds is 7. The summed E-state index contributed by atoms with van der Waals surface area (Å²) in [4.78, 5) is 12.5. The fourth-order valence-electron chi connectivity index (χ4n) is 1.41. The van der Waals surface area contributed by atoms with E-state index in [0.29, 0.717) is 18.6 Å². The van der Waals surface area contributed by atoms with Crippen molar-refractivity contribution in [2.45, 2.75) is 30.7 Å². The molecule has 2 N–H and O–H groups in total. The molecule has 0 heterocycles. The van der Waals surface area contributed by atoms with Crippen LogP contribution in [0.25, 0.3) is 0 Å². The van der Waals surface area contributed by atoms with Gasteiger partial charge in [0.05, 0.1) is 0 Å². The third-order valence-corrected chi connectivity index (χ3v) is 3.39. The Bertz CT molecular complexity index is 370. The highest BCUT2D eigenvalue weighted by atomic mass is 32.2. The first kappa shape index (κ1) is 15.0. The lowest BCUT2D eigenvalue weighted by Gasteiger charge is -2.12. The Balaban J connectivity index is 2.21. The minimum absolute atomic E-state index is 0.00155. The molecule has 0 aliphatic heterocycles. The molecule has 18 heavy (non-hydrogen) atoms. The number of aliphatic hydroxyl groups excluding tert-OH is 1. The van der Waals surface area contributed by atoms with E-state index in [9.17, 15) is 9.18 Å². The molecule has 5 heteroatoms. The molecule has 1 unspecified atom stereocenters. The highest BCUT2D eigenvalue weighted by molar-refractivity contribution is 7.99. The number of halogens is 1. The zero-order chi connectivity index (χ0) is 13.4. The Labute approximate surface area is 111 Å². The number of aliphatic hydroxyl groups is 1. The van der Waals surface area contributed by atoms with Crippen LogP contribution in [0.1, 0.15) is 19.8 Å². The van der Waals surface area contributed by atoms with E-state index in [1.807, 2.05) is 6.92 Å². The summed E-state index contributed by atoms with van der Waals surface area (Å²) < 4.78 is 12.7. The van der Waals surface area contributed by atoms with Gasteiger partial charge in [-0.05, 0) is 37.6 Å². The first-order chi connectivity index (χ1) is 8.61. The van der Waals surface area contributed by atoms with Gasteiger partial charge in [-0.3, -0.25) is 4.79 Å². The average Bonchev–Trinajstić information content (AvgIpc) is 2.32. The van der Waals surface area contributed by atoms with E-state index in [1.54, 1.807) is 12.1 Å². The van der Waals surface area contributed by atoms with Crippen molar-refractivity contribution in [3.8, 4) is 0 Å². The quantitative estimate of drug-likeness (QED) is 0.747. The lowest BCUT2D eigenvalue weighted by molar-refractivity contribution is -0.121. The number of hydrogen-bond acceptors (Lipinski definition) is 3. The maximum Gasteiger partial charge on any atom is 0.221 e. The van der Waals surface area contributed by atoms with Crippen molar-refractivity contribution in [1.82, 2.24) is 5.32 Å². The predicted octanol–water partition coefficient (Wildman–Crippen LogP) is 2.20. The Hall–Kier alpha value is -1.07. The summed E-state index contributed by atoms with van der Waals surface area (Å²) in [6.45, 7) is 1.94. The predicted molar refractivity (Wildman–Crippen MR) is 71.0 cm³/mol. The molecule has 0 saturated heterocycles. The van der Waals surface area contributed by atoms with E-state index >= 15 is 0 Å². The monoisotopic (exact) mass is 271 g/mol. The minimum Gasteiger partial charge on any atom is -0.396 e. The van der Waals surface area contributed by atoms with Gasteiger partial charge in [0, 0.05) is 29.7 Å². The molecule has 1 amide bonds. The van der Waals surface area contributed by atoms with Gasteiger partial charge in [-0.15, -0.1) is 11.8 Å². The number of thioether (sulfide) groups is 1. The van der Waals surface area contributed by atoms with Crippen LogP contribution in [0.15, 0.2) is 29.2 Å². The molecule has 0 aromatic heterocycles. The zero-order valence-corrected chi connectivity index (χ0v) is 11.2. The SMILES string of the molecule is CC(CCO)NC(=O)CCSc1ccc(F)cc1. The van der Waals surface area contributed by atoms with Crippen LogP contribution < -0.4 is 5.32 Å². The molecule has 0 bridgehead atoms. The number of amides is 1. The van der Waals surface area contributed by atoms with Gasteiger partial charge in [-0.25, -0.2) is 4.39 Å². The normalized spacial score (nSPS) is 12.2. The Morgan fingerprint density at radius 1 is 1.44 bits per heavy atom. The van der Waals surface area contributed by atoms with E-state index in [-0.39, 0.29) is 24.4 Å². The third kappa shape index (κ3) is 6.02. The summed E-state index contributed by atoms with van der Waals surface area (Å²) in [6.07, 6.45) is 0.981. The van der Waals surface area contributed by atoms with Crippen molar-refractivity contribution in [2.75, 3.05) is 12.4 Å². The lowest BCUT2D eigenvalue weighted by atomic mass is 10.2. The van der Waals surface area contributed by atoms with Crippen LogP contribution >= 0.6 is 11.8 Å². The Morgan fingerprint density at radius 3 is 2.72 bits per heavy atom. The van der Waals surface area contributed by atoms with Gasteiger partial charge in [-0.1, -0.05) is 0 Å². The summed E-state index contributed by atoms with van der Waals surface area (Å²) in [7, 11) is 0. The molecule has 0 saturated carbocycles. The first-order valence-electron chi connectivity index (χ1n) is 5.90. The second-order valence-electron chi connectivity index (χ2n) is 4.03. The van der Waals surface area contributed by atoms with Crippen LogP contribution in [0.2, 0.25) is 0 Å². The molecule has 1 rings (SSSR count). The van der Waals surface area contributed by atoms with E-state index in [0.717, 1.165) is 4.90 Å².